The molecule has 2 atom stereocenters. The van der Waals surface area contributed by atoms with Crippen molar-refractivity contribution in [3.05, 3.63) is 70.7 Å². The van der Waals surface area contributed by atoms with Crippen LogP contribution < -0.4 is 11.1 Å². The molecule has 140 valence electrons. The summed E-state index contributed by atoms with van der Waals surface area (Å²) in [5.41, 5.74) is 7.84. The molecule has 8 heteroatoms. The maximum atomic E-state index is 12.8. The van der Waals surface area contributed by atoms with E-state index in [-0.39, 0.29) is 5.69 Å². The van der Waals surface area contributed by atoms with Gasteiger partial charge in [-0.1, -0.05) is 12.1 Å². The molecule has 4 N–H and O–H groups in total. The quantitative estimate of drug-likeness (QED) is 0.761. The van der Waals surface area contributed by atoms with E-state index in [0.717, 1.165) is 12.3 Å². The van der Waals surface area contributed by atoms with Gasteiger partial charge in [0, 0.05) is 17.6 Å². The summed E-state index contributed by atoms with van der Waals surface area (Å²) in [6, 6.07) is 10.4. The third kappa shape index (κ3) is 4.10. The summed E-state index contributed by atoms with van der Waals surface area (Å²) in [6.07, 6.45) is -3.36. The minimum absolute atomic E-state index is 0.228. The van der Waals surface area contributed by atoms with Gasteiger partial charge in [-0.15, -0.1) is 0 Å². The topological polar surface area (TPSA) is 95.0 Å². The first-order valence-electron chi connectivity index (χ1n) is 8.26. The second kappa shape index (κ2) is 7.39. The van der Waals surface area contributed by atoms with Crippen molar-refractivity contribution in [2.24, 2.45) is 5.73 Å². The van der Waals surface area contributed by atoms with E-state index in [4.69, 9.17) is 11.0 Å². The number of aromatic nitrogens is 1. The van der Waals surface area contributed by atoms with Gasteiger partial charge in [-0.2, -0.15) is 18.4 Å². The molecule has 0 spiro atoms. The van der Waals surface area contributed by atoms with Crippen LogP contribution in [0, 0.1) is 11.3 Å². The van der Waals surface area contributed by atoms with E-state index in [1.165, 1.54) is 6.07 Å². The number of nitrogens with one attached hydrogen (secondary N) is 1. The van der Waals surface area contributed by atoms with Crippen LogP contribution in [0.5, 0.6) is 0 Å². The molecule has 0 fully saturated rings. The van der Waals surface area contributed by atoms with Gasteiger partial charge in [0.25, 0.3) is 0 Å². The lowest BCUT2D eigenvalue weighted by molar-refractivity contribution is -0.141. The number of nitrogens with two attached hydrogens (primary N) is 1. The molecule has 0 bridgehead atoms. The number of hydrogen-bond donors (Lipinski definition) is 3. The van der Waals surface area contributed by atoms with Crippen LogP contribution in [0.2, 0.25) is 0 Å². The number of halogens is 3. The fourth-order valence-corrected chi connectivity index (χ4v) is 3.09. The van der Waals surface area contributed by atoms with Crippen molar-refractivity contribution in [2.45, 2.75) is 31.2 Å². The highest BCUT2D eigenvalue weighted by molar-refractivity contribution is 5.52. The molecular weight excluding hydrogens is 357 g/mol. The van der Waals surface area contributed by atoms with Crippen molar-refractivity contribution >= 4 is 5.69 Å². The first-order valence-corrected chi connectivity index (χ1v) is 8.26. The summed E-state index contributed by atoms with van der Waals surface area (Å²) in [5.74, 6) is 0. The standard InChI is InChI=1S/C19H17F3N4O/c20-19(21,22)16-9-13(7-8-25-16)26-14-5-6-15(27)17(14)18(24)12-3-1-11(10-23)2-4-12/h1-4,7-9,15,18,27H,5-6,24H2,(H,25,26). The lowest BCUT2D eigenvalue weighted by Crippen LogP contribution is -2.22. The Morgan fingerprint density at radius 2 is 1.96 bits per heavy atom. The monoisotopic (exact) mass is 374 g/mol. The second-order valence-electron chi connectivity index (χ2n) is 6.25. The molecule has 0 radical (unpaired) electrons. The highest BCUT2D eigenvalue weighted by Gasteiger charge is 2.33. The molecular formula is C19H17F3N4O. The van der Waals surface area contributed by atoms with Crippen LogP contribution in [0.25, 0.3) is 0 Å². The normalized spacial score (nSPS) is 18.3. The van der Waals surface area contributed by atoms with Gasteiger partial charge in [-0.25, -0.2) is 0 Å². The Kier molecular flexibility index (Phi) is 5.17. The lowest BCUT2D eigenvalue weighted by Gasteiger charge is -2.20. The highest BCUT2D eigenvalue weighted by atomic mass is 19.4. The molecule has 0 saturated heterocycles. The zero-order valence-electron chi connectivity index (χ0n) is 14.2. The van der Waals surface area contributed by atoms with Gasteiger partial charge in [0.1, 0.15) is 5.69 Å². The molecule has 0 amide bonds. The Bertz CT molecular complexity index is 900. The minimum Gasteiger partial charge on any atom is -0.389 e. The summed E-state index contributed by atoms with van der Waals surface area (Å²) in [5, 5.41) is 22.2. The van der Waals surface area contributed by atoms with E-state index in [1.807, 2.05) is 6.07 Å². The van der Waals surface area contributed by atoms with Crippen molar-refractivity contribution in [3.63, 3.8) is 0 Å². The molecule has 1 aliphatic carbocycles. The molecule has 3 rings (SSSR count). The number of hydrogen-bond acceptors (Lipinski definition) is 5. The summed E-state index contributed by atoms with van der Waals surface area (Å²) in [4.78, 5) is 3.34. The number of nitrogens with zero attached hydrogens (tertiary/aromatic N) is 2. The zero-order chi connectivity index (χ0) is 19.6. The third-order valence-corrected chi connectivity index (χ3v) is 4.45. The van der Waals surface area contributed by atoms with Crippen LogP contribution in [0.3, 0.4) is 0 Å². The SMILES string of the molecule is N#Cc1ccc(C(N)C2=C(Nc3ccnc(C(F)(F)F)c3)CCC2O)cc1. The maximum Gasteiger partial charge on any atom is 0.433 e. The maximum absolute atomic E-state index is 12.8. The van der Waals surface area contributed by atoms with Gasteiger partial charge in [0.15, 0.2) is 0 Å². The predicted octanol–water partition coefficient (Wildman–Crippen LogP) is 3.49. The molecule has 5 nitrogen and oxygen atoms in total. The Morgan fingerprint density at radius 3 is 2.59 bits per heavy atom. The van der Waals surface area contributed by atoms with Crippen molar-refractivity contribution in [1.82, 2.24) is 4.98 Å². The number of pyridine rings is 1. The van der Waals surface area contributed by atoms with E-state index in [2.05, 4.69) is 10.3 Å². The number of aliphatic hydroxyl groups excluding tert-OH is 1. The van der Waals surface area contributed by atoms with E-state index in [0.29, 0.717) is 35.2 Å². The first-order chi connectivity index (χ1) is 12.8. The summed E-state index contributed by atoms with van der Waals surface area (Å²) in [7, 11) is 0. The minimum atomic E-state index is -4.54. The number of nitriles is 1. The predicted molar refractivity (Wildman–Crippen MR) is 93.2 cm³/mol. The van der Waals surface area contributed by atoms with Crippen molar-refractivity contribution in [2.75, 3.05) is 5.32 Å². The molecule has 1 aliphatic rings. The van der Waals surface area contributed by atoms with Gasteiger partial charge in [0.2, 0.25) is 0 Å². The van der Waals surface area contributed by atoms with Gasteiger partial charge in [0.05, 0.1) is 23.8 Å². The summed E-state index contributed by atoms with van der Waals surface area (Å²) < 4.78 is 38.5. The van der Waals surface area contributed by atoms with E-state index >= 15 is 0 Å². The highest BCUT2D eigenvalue weighted by Crippen LogP contribution is 2.36. The molecule has 0 saturated carbocycles. The smallest absolute Gasteiger partial charge is 0.389 e. The first kappa shape index (κ1) is 18.9. The second-order valence-corrected chi connectivity index (χ2v) is 6.25. The Labute approximate surface area is 154 Å². The molecule has 1 heterocycles. The fourth-order valence-electron chi connectivity index (χ4n) is 3.09. The Morgan fingerprint density at radius 1 is 1.26 bits per heavy atom. The van der Waals surface area contributed by atoms with Crippen LogP contribution in [0.4, 0.5) is 18.9 Å². The average Bonchev–Trinajstić information content (AvgIpc) is 3.01. The number of allylic oxidation sites excluding steroid dienone is 1. The molecule has 0 aliphatic heterocycles. The average molecular weight is 374 g/mol. The van der Waals surface area contributed by atoms with Gasteiger partial charge >= 0.3 is 6.18 Å². The number of rotatable bonds is 4. The third-order valence-electron chi connectivity index (χ3n) is 4.45. The molecule has 2 aromatic rings. The van der Waals surface area contributed by atoms with Crippen LogP contribution in [0.1, 0.15) is 35.7 Å². The molecule has 1 aromatic heterocycles. The van der Waals surface area contributed by atoms with Gasteiger partial charge in [-0.3, -0.25) is 4.98 Å². The van der Waals surface area contributed by atoms with E-state index in [1.54, 1.807) is 24.3 Å². The number of alkyl halides is 3. The lowest BCUT2D eigenvalue weighted by atomic mass is 9.96. The number of benzene rings is 1. The molecule has 1 aromatic carbocycles. The number of aliphatic hydroxyl groups is 1. The van der Waals surface area contributed by atoms with Crippen molar-refractivity contribution in [1.29, 1.82) is 5.26 Å². The van der Waals surface area contributed by atoms with E-state index < -0.39 is 24.0 Å². The van der Waals surface area contributed by atoms with Crippen molar-refractivity contribution < 1.29 is 18.3 Å². The summed E-state index contributed by atoms with van der Waals surface area (Å²) in [6.45, 7) is 0. The molecule has 2 unspecified atom stereocenters. The van der Waals surface area contributed by atoms with Gasteiger partial charge in [-0.05, 0) is 48.2 Å². The van der Waals surface area contributed by atoms with Crippen LogP contribution in [-0.4, -0.2) is 16.2 Å². The van der Waals surface area contributed by atoms with Gasteiger partial charge < -0.3 is 16.2 Å². The zero-order valence-corrected chi connectivity index (χ0v) is 14.2. The number of anilines is 1. The summed E-state index contributed by atoms with van der Waals surface area (Å²) >= 11 is 0. The Balaban J connectivity index is 1.90. The van der Waals surface area contributed by atoms with Crippen LogP contribution in [0.15, 0.2) is 53.9 Å². The van der Waals surface area contributed by atoms with Crippen LogP contribution in [-0.2, 0) is 6.18 Å². The Hall–Kier alpha value is -2.89. The van der Waals surface area contributed by atoms with Crippen molar-refractivity contribution in [3.8, 4) is 6.07 Å². The van der Waals surface area contributed by atoms with Crippen LogP contribution >= 0.6 is 0 Å². The van der Waals surface area contributed by atoms with E-state index in [9.17, 15) is 18.3 Å². The largest absolute Gasteiger partial charge is 0.433 e. The molecule has 27 heavy (non-hydrogen) atoms. The fraction of sp³-hybridized carbons (Fsp3) is 0.263.